The Kier molecular flexibility index (Phi) is 3.77. The van der Waals surface area contributed by atoms with Gasteiger partial charge < -0.3 is 4.74 Å². The van der Waals surface area contributed by atoms with Gasteiger partial charge in [0.25, 0.3) is 0 Å². The van der Waals surface area contributed by atoms with Crippen molar-refractivity contribution in [2.24, 2.45) is 0 Å². The summed E-state index contributed by atoms with van der Waals surface area (Å²) in [4.78, 5) is 11.8. The summed E-state index contributed by atoms with van der Waals surface area (Å²) in [5, 5.41) is 0. The molecule has 0 radical (unpaired) electrons. The van der Waals surface area contributed by atoms with E-state index in [1.54, 1.807) is 0 Å². The number of Topliss-reactive ketones (excluding diaryl/α,β-unsaturated/α-hetero) is 1. The Hall–Kier alpha value is -1.38. The normalized spacial score (nSPS) is 18.7. The second-order valence-electron chi connectivity index (χ2n) is 4.50. The van der Waals surface area contributed by atoms with Gasteiger partial charge in [-0.25, -0.2) is 4.39 Å². The van der Waals surface area contributed by atoms with Gasteiger partial charge in [-0.2, -0.15) is 0 Å². The van der Waals surface area contributed by atoms with Crippen molar-refractivity contribution in [1.29, 1.82) is 0 Å². The van der Waals surface area contributed by atoms with Crippen molar-refractivity contribution in [3.8, 4) is 5.75 Å². The number of unbranched alkanes of at least 4 members (excludes halogenated alkanes) is 2. The van der Waals surface area contributed by atoms with E-state index in [1.807, 2.05) is 0 Å². The fourth-order valence-electron chi connectivity index (χ4n) is 2.14. The van der Waals surface area contributed by atoms with Crippen LogP contribution in [0.4, 0.5) is 4.39 Å². The molecule has 1 aliphatic rings. The Morgan fingerprint density at radius 2 is 2.24 bits per heavy atom. The minimum Gasteiger partial charge on any atom is -0.489 e. The van der Waals surface area contributed by atoms with Crippen LogP contribution in [0.3, 0.4) is 0 Å². The molecule has 2 nitrogen and oxygen atoms in total. The largest absolute Gasteiger partial charge is 0.489 e. The first-order chi connectivity index (χ1) is 8.20. The van der Waals surface area contributed by atoms with Gasteiger partial charge in [-0.3, -0.25) is 4.79 Å². The number of halogens is 1. The summed E-state index contributed by atoms with van der Waals surface area (Å²) in [5.74, 6) is 0.112. The second kappa shape index (κ2) is 5.30. The van der Waals surface area contributed by atoms with Crippen LogP contribution in [-0.4, -0.2) is 11.9 Å². The van der Waals surface area contributed by atoms with Crippen molar-refractivity contribution >= 4 is 5.78 Å². The van der Waals surface area contributed by atoms with E-state index < -0.39 is 0 Å². The van der Waals surface area contributed by atoms with Crippen molar-refractivity contribution in [1.82, 2.24) is 0 Å². The number of rotatable bonds is 4. The van der Waals surface area contributed by atoms with Crippen LogP contribution in [0.15, 0.2) is 18.2 Å². The average molecular weight is 236 g/mol. The molecule has 3 heteroatoms. The molecule has 0 saturated heterocycles. The van der Waals surface area contributed by atoms with Crippen molar-refractivity contribution in [2.45, 2.75) is 45.1 Å². The molecular formula is C14H17FO2. The van der Waals surface area contributed by atoms with Crippen molar-refractivity contribution in [3.05, 3.63) is 29.6 Å². The molecule has 0 bridgehead atoms. The summed E-state index contributed by atoms with van der Waals surface area (Å²) < 4.78 is 18.7. The fraction of sp³-hybridized carbons (Fsp3) is 0.500. The quantitative estimate of drug-likeness (QED) is 0.744. The van der Waals surface area contributed by atoms with E-state index in [9.17, 15) is 9.18 Å². The number of carbonyl (C=O) groups excluding carboxylic acids is 1. The zero-order chi connectivity index (χ0) is 12.3. The molecule has 0 aromatic heterocycles. The Bertz CT molecular complexity index is 415. The average Bonchev–Trinajstić information content (AvgIpc) is 2.28. The van der Waals surface area contributed by atoms with Crippen LogP contribution in [0.1, 0.15) is 49.4 Å². The summed E-state index contributed by atoms with van der Waals surface area (Å²) in [6.45, 7) is 2.14. The van der Waals surface area contributed by atoms with Crippen LogP contribution in [-0.2, 0) is 0 Å². The van der Waals surface area contributed by atoms with E-state index in [0.717, 1.165) is 25.7 Å². The molecule has 17 heavy (non-hydrogen) atoms. The Morgan fingerprint density at radius 1 is 1.41 bits per heavy atom. The highest BCUT2D eigenvalue weighted by atomic mass is 19.1. The molecule has 0 saturated carbocycles. The predicted molar refractivity (Wildman–Crippen MR) is 63.9 cm³/mol. The number of ketones is 1. The molecule has 1 aromatic carbocycles. The van der Waals surface area contributed by atoms with Crippen LogP contribution in [0.5, 0.6) is 5.75 Å². The first kappa shape index (κ1) is 12.1. The molecule has 1 atom stereocenters. The van der Waals surface area contributed by atoms with E-state index in [-0.39, 0.29) is 17.7 Å². The van der Waals surface area contributed by atoms with Gasteiger partial charge in [0.15, 0.2) is 5.78 Å². The first-order valence-electron chi connectivity index (χ1n) is 6.20. The van der Waals surface area contributed by atoms with E-state index in [1.165, 1.54) is 18.2 Å². The lowest BCUT2D eigenvalue weighted by Crippen LogP contribution is -2.26. The lowest BCUT2D eigenvalue weighted by atomic mass is 9.97. The van der Waals surface area contributed by atoms with Gasteiger partial charge in [0.05, 0.1) is 5.56 Å². The number of hydrogen-bond acceptors (Lipinski definition) is 2. The maximum atomic E-state index is 13.1. The van der Waals surface area contributed by atoms with E-state index in [0.29, 0.717) is 17.7 Å². The van der Waals surface area contributed by atoms with Crippen LogP contribution in [0.25, 0.3) is 0 Å². The van der Waals surface area contributed by atoms with Crippen molar-refractivity contribution in [3.63, 3.8) is 0 Å². The van der Waals surface area contributed by atoms with Crippen LogP contribution in [0, 0.1) is 5.82 Å². The van der Waals surface area contributed by atoms with E-state index >= 15 is 0 Å². The van der Waals surface area contributed by atoms with Gasteiger partial charge >= 0.3 is 0 Å². The predicted octanol–water partition coefficient (Wildman–Crippen LogP) is 3.74. The zero-order valence-corrected chi connectivity index (χ0v) is 10.0. The number of hydrogen-bond donors (Lipinski definition) is 0. The molecule has 1 heterocycles. The maximum absolute atomic E-state index is 13.1. The van der Waals surface area contributed by atoms with E-state index in [2.05, 4.69) is 6.92 Å². The minimum absolute atomic E-state index is 0.0627. The van der Waals surface area contributed by atoms with Gasteiger partial charge in [-0.15, -0.1) is 0 Å². The number of fused-ring (bicyclic) bond motifs is 1. The smallest absolute Gasteiger partial charge is 0.170 e. The molecule has 0 fully saturated rings. The van der Waals surface area contributed by atoms with Crippen LogP contribution in [0.2, 0.25) is 0 Å². The van der Waals surface area contributed by atoms with Gasteiger partial charge in [-0.1, -0.05) is 19.8 Å². The Morgan fingerprint density at radius 3 is 3.00 bits per heavy atom. The van der Waals surface area contributed by atoms with Crippen LogP contribution < -0.4 is 4.74 Å². The minimum atomic E-state index is -0.356. The molecule has 0 amide bonds. The third-order valence-corrected chi connectivity index (χ3v) is 3.08. The van der Waals surface area contributed by atoms with E-state index in [4.69, 9.17) is 4.74 Å². The van der Waals surface area contributed by atoms with Gasteiger partial charge in [0.1, 0.15) is 17.7 Å². The molecule has 1 aliphatic heterocycles. The monoisotopic (exact) mass is 236 g/mol. The number of carbonyl (C=O) groups is 1. The highest BCUT2D eigenvalue weighted by Crippen LogP contribution is 2.30. The number of benzene rings is 1. The van der Waals surface area contributed by atoms with Crippen LogP contribution >= 0.6 is 0 Å². The molecule has 92 valence electrons. The Labute approximate surface area is 101 Å². The molecule has 0 spiro atoms. The third-order valence-electron chi connectivity index (χ3n) is 3.08. The molecule has 0 N–H and O–H groups in total. The van der Waals surface area contributed by atoms with Crippen molar-refractivity contribution in [2.75, 3.05) is 0 Å². The summed E-state index contributed by atoms with van der Waals surface area (Å²) in [5.41, 5.74) is 0.512. The fourth-order valence-corrected chi connectivity index (χ4v) is 2.14. The van der Waals surface area contributed by atoms with Gasteiger partial charge in [0.2, 0.25) is 0 Å². The standard InChI is InChI=1S/C14H17FO2/c1-2-3-4-5-11-9-13(16)12-7-6-10(15)8-14(12)17-11/h6-8,11H,2-5,9H2,1H3. The number of ether oxygens (including phenoxy) is 1. The second-order valence-corrected chi connectivity index (χ2v) is 4.50. The van der Waals surface area contributed by atoms with Gasteiger partial charge in [0, 0.05) is 12.5 Å². The molecule has 0 aliphatic carbocycles. The van der Waals surface area contributed by atoms with Gasteiger partial charge in [-0.05, 0) is 25.0 Å². The lowest BCUT2D eigenvalue weighted by Gasteiger charge is -2.25. The molecule has 1 aromatic rings. The third kappa shape index (κ3) is 2.84. The summed E-state index contributed by atoms with van der Waals surface area (Å²) >= 11 is 0. The van der Waals surface area contributed by atoms with Crippen molar-refractivity contribution < 1.29 is 13.9 Å². The topological polar surface area (TPSA) is 26.3 Å². The highest BCUT2D eigenvalue weighted by Gasteiger charge is 2.26. The highest BCUT2D eigenvalue weighted by molar-refractivity contribution is 5.99. The maximum Gasteiger partial charge on any atom is 0.170 e. The summed E-state index contributed by atoms with van der Waals surface area (Å²) in [6, 6.07) is 4.12. The SMILES string of the molecule is CCCCCC1CC(=O)c2ccc(F)cc2O1. The summed E-state index contributed by atoms with van der Waals surface area (Å²) in [7, 11) is 0. The summed E-state index contributed by atoms with van der Waals surface area (Å²) in [6.07, 6.45) is 4.55. The first-order valence-corrected chi connectivity index (χ1v) is 6.20. The Balaban J connectivity index is 2.06. The molecule has 1 unspecified atom stereocenters. The molecule has 2 rings (SSSR count). The zero-order valence-electron chi connectivity index (χ0n) is 10.0. The molecular weight excluding hydrogens is 219 g/mol. The lowest BCUT2D eigenvalue weighted by molar-refractivity contribution is 0.0834.